The highest BCUT2D eigenvalue weighted by Crippen LogP contribution is 2.24. The second-order valence-corrected chi connectivity index (χ2v) is 9.21. The van der Waals surface area contributed by atoms with Crippen molar-refractivity contribution in [1.29, 1.82) is 0 Å². The van der Waals surface area contributed by atoms with Gasteiger partial charge in [0.1, 0.15) is 5.75 Å². The molecule has 1 aliphatic heterocycles. The van der Waals surface area contributed by atoms with Crippen molar-refractivity contribution in [3.63, 3.8) is 0 Å². The highest BCUT2D eigenvalue weighted by Gasteiger charge is 2.29. The van der Waals surface area contributed by atoms with Crippen molar-refractivity contribution in [3.05, 3.63) is 63.6 Å². The molecule has 2 aromatic carbocycles. The minimum atomic E-state index is -3.52. The maximum Gasteiger partial charge on any atom is 0.254 e. The van der Waals surface area contributed by atoms with E-state index in [0.717, 1.165) is 0 Å². The van der Waals surface area contributed by atoms with Crippen LogP contribution in [0.5, 0.6) is 5.75 Å². The molecule has 1 heterocycles. The normalized spacial score (nSPS) is 15.5. The maximum atomic E-state index is 12.7. The highest BCUT2D eigenvalue weighted by atomic mass is 35.5. The molecular formula is C19H20Cl2N2O4S. The number of benzene rings is 2. The van der Waals surface area contributed by atoms with Crippen LogP contribution in [0, 0.1) is 0 Å². The van der Waals surface area contributed by atoms with Crippen LogP contribution in [0.1, 0.15) is 15.9 Å². The molecular weight excluding hydrogens is 423 g/mol. The Kier molecular flexibility index (Phi) is 6.50. The van der Waals surface area contributed by atoms with Gasteiger partial charge >= 0.3 is 0 Å². The monoisotopic (exact) mass is 442 g/mol. The zero-order valence-electron chi connectivity index (χ0n) is 15.3. The molecule has 0 radical (unpaired) electrons. The van der Waals surface area contributed by atoms with E-state index in [1.807, 2.05) is 0 Å². The second-order valence-electron chi connectivity index (χ2n) is 6.43. The van der Waals surface area contributed by atoms with Gasteiger partial charge in [-0.2, -0.15) is 4.31 Å². The van der Waals surface area contributed by atoms with Crippen LogP contribution >= 0.6 is 23.2 Å². The molecule has 0 aromatic heterocycles. The van der Waals surface area contributed by atoms with Crippen molar-refractivity contribution in [1.82, 2.24) is 9.21 Å². The largest absolute Gasteiger partial charge is 0.497 e. The standard InChI is InChI=1S/C19H20Cl2N2O4S/c1-27-16-4-2-3-15(12-16)19(24)22-7-9-23(10-8-22)28(25,26)13-14-5-6-17(20)18(21)11-14/h2-6,11-12H,7-10,13H2,1H3. The number of nitrogens with zero attached hydrogens (tertiary/aromatic N) is 2. The van der Waals surface area contributed by atoms with Crippen LogP contribution in [0.25, 0.3) is 0 Å². The third-order valence-corrected chi connectivity index (χ3v) is 7.16. The summed E-state index contributed by atoms with van der Waals surface area (Å²) in [7, 11) is -1.97. The zero-order valence-corrected chi connectivity index (χ0v) is 17.6. The lowest BCUT2D eigenvalue weighted by Gasteiger charge is -2.34. The van der Waals surface area contributed by atoms with E-state index >= 15 is 0 Å². The molecule has 0 spiro atoms. The number of sulfonamides is 1. The van der Waals surface area contributed by atoms with Gasteiger partial charge in [0, 0.05) is 31.7 Å². The highest BCUT2D eigenvalue weighted by molar-refractivity contribution is 7.88. The molecule has 0 atom stereocenters. The average molecular weight is 443 g/mol. The third-order valence-electron chi connectivity index (χ3n) is 4.57. The Bertz CT molecular complexity index is 974. The Hall–Kier alpha value is -1.80. The van der Waals surface area contributed by atoms with Crippen molar-refractivity contribution in [2.24, 2.45) is 0 Å². The van der Waals surface area contributed by atoms with E-state index in [4.69, 9.17) is 27.9 Å². The van der Waals surface area contributed by atoms with E-state index in [2.05, 4.69) is 0 Å². The molecule has 9 heteroatoms. The Labute approximate surface area is 174 Å². The summed E-state index contributed by atoms with van der Waals surface area (Å²) >= 11 is 11.8. The number of ether oxygens (including phenoxy) is 1. The summed E-state index contributed by atoms with van der Waals surface area (Å²) in [6.07, 6.45) is 0. The first-order valence-electron chi connectivity index (χ1n) is 8.65. The molecule has 0 unspecified atom stereocenters. The van der Waals surface area contributed by atoms with Gasteiger partial charge in [-0.25, -0.2) is 8.42 Å². The molecule has 1 amide bonds. The molecule has 28 heavy (non-hydrogen) atoms. The summed E-state index contributed by atoms with van der Waals surface area (Å²) in [5.41, 5.74) is 1.09. The molecule has 0 N–H and O–H groups in total. The van der Waals surface area contributed by atoms with Gasteiger partial charge in [0.2, 0.25) is 10.0 Å². The van der Waals surface area contributed by atoms with Crippen molar-refractivity contribution in [2.75, 3.05) is 33.3 Å². The van der Waals surface area contributed by atoms with E-state index in [9.17, 15) is 13.2 Å². The zero-order chi connectivity index (χ0) is 20.3. The smallest absolute Gasteiger partial charge is 0.254 e. The number of methoxy groups -OCH3 is 1. The van der Waals surface area contributed by atoms with Gasteiger partial charge in [-0.1, -0.05) is 35.3 Å². The Morgan fingerprint density at radius 3 is 2.39 bits per heavy atom. The topological polar surface area (TPSA) is 66.9 Å². The second kappa shape index (κ2) is 8.69. The van der Waals surface area contributed by atoms with Crippen LogP contribution in [0.4, 0.5) is 0 Å². The van der Waals surface area contributed by atoms with Gasteiger partial charge in [0.05, 0.1) is 22.9 Å². The van der Waals surface area contributed by atoms with Gasteiger partial charge < -0.3 is 9.64 Å². The Morgan fingerprint density at radius 2 is 1.75 bits per heavy atom. The van der Waals surface area contributed by atoms with Crippen LogP contribution in [-0.2, 0) is 15.8 Å². The van der Waals surface area contributed by atoms with E-state index in [-0.39, 0.29) is 24.7 Å². The SMILES string of the molecule is COc1cccc(C(=O)N2CCN(S(=O)(=O)Cc3ccc(Cl)c(Cl)c3)CC2)c1. The predicted octanol–water partition coefficient (Wildman–Crippen LogP) is 3.29. The van der Waals surface area contributed by atoms with E-state index in [0.29, 0.717) is 40.0 Å². The summed E-state index contributed by atoms with van der Waals surface area (Å²) in [6, 6.07) is 11.7. The number of carbonyl (C=O) groups is 1. The number of amides is 1. The minimum absolute atomic E-state index is 0.138. The maximum absolute atomic E-state index is 12.7. The quantitative estimate of drug-likeness (QED) is 0.712. The van der Waals surface area contributed by atoms with Gasteiger partial charge in [-0.05, 0) is 35.9 Å². The molecule has 2 aromatic rings. The number of carbonyl (C=O) groups excluding carboxylic acids is 1. The first kappa shape index (κ1) is 20.9. The minimum Gasteiger partial charge on any atom is -0.497 e. The van der Waals surface area contributed by atoms with Crippen molar-refractivity contribution in [2.45, 2.75) is 5.75 Å². The molecule has 0 aliphatic carbocycles. The van der Waals surface area contributed by atoms with Gasteiger partial charge in [0.25, 0.3) is 5.91 Å². The number of hydrogen-bond donors (Lipinski definition) is 0. The first-order valence-corrected chi connectivity index (χ1v) is 11.0. The van der Waals surface area contributed by atoms with E-state index in [1.54, 1.807) is 54.5 Å². The fourth-order valence-electron chi connectivity index (χ4n) is 3.04. The third kappa shape index (κ3) is 4.78. The summed E-state index contributed by atoms with van der Waals surface area (Å²) in [6.45, 7) is 1.16. The van der Waals surface area contributed by atoms with Crippen molar-refractivity contribution in [3.8, 4) is 5.75 Å². The Morgan fingerprint density at radius 1 is 1.04 bits per heavy atom. The fourth-order valence-corrected chi connectivity index (χ4v) is 4.86. The lowest BCUT2D eigenvalue weighted by Crippen LogP contribution is -2.50. The van der Waals surface area contributed by atoms with Gasteiger partial charge in [0.15, 0.2) is 0 Å². The number of halogens is 2. The lowest BCUT2D eigenvalue weighted by molar-refractivity contribution is 0.0697. The number of rotatable bonds is 5. The molecule has 3 rings (SSSR count). The molecule has 0 bridgehead atoms. The Balaban J connectivity index is 1.63. The first-order chi connectivity index (χ1) is 13.3. The van der Waals surface area contributed by atoms with Crippen LogP contribution in [0.3, 0.4) is 0 Å². The molecule has 1 saturated heterocycles. The molecule has 150 valence electrons. The van der Waals surface area contributed by atoms with Crippen molar-refractivity contribution < 1.29 is 17.9 Å². The van der Waals surface area contributed by atoms with Crippen LogP contribution in [-0.4, -0.2) is 56.8 Å². The van der Waals surface area contributed by atoms with Crippen molar-refractivity contribution >= 4 is 39.1 Å². The molecule has 0 saturated carbocycles. The summed E-state index contributed by atoms with van der Waals surface area (Å²) in [5.74, 6) is 0.308. The van der Waals surface area contributed by atoms with Crippen LogP contribution < -0.4 is 4.74 Å². The van der Waals surface area contributed by atoms with Crippen LogP contribution in [0.2, 0.25) is 10.0 Å². The summed E-state index contributed by atoms with van der Waals surface area (Å²) in [5, 5.41) is 0.704. The number of piperazine rings is 1. The lowest BCUT2D eigenvalue weighted by atomic mass is 10.1. The van der Waals surface area contributed by atoms with Crippen LogP contribution in [0.15, 0.2) is 42.5 Å². The summed E-state index contributed by atoms with van der Waals surface area (Å²) in [4.78, 5) is 14.3. The molecule has 1 fully saturated rings. The fraction of sp³-hybridized carbons (Fsp3) is 0.316. The van der Waals surface area contributed by atoms with Gasteiger partial charge in [-0.3, -0.25) is 4.79 Å². The molecule has 6 nitrogen and oxygen atoms in total. The average Bonchev–Trinajstić information content (AvgIpc) is 2.70. The summed E-state index contributed by atoms with van der Waals surface area (Å²) < 4.78 is 32.0. The number of hydrogen-bond acceptors (Lipinski definition) is 4. The molecule has 1 aliphatic rings. The van der Waals surface area contributed by atoms with Gasteiger partial charge in [-0.15, -0.1) is 0 Å². The van der Waals surface area contributed by atoms with E-state index < -0.39 is 10.0 Å². The van der Waals surface area contributed by atoms with E-state index in [1.165, 1.54) is 4.31 Å². The predicted molar refractivity (Wildman–Crippen MR) is 110 cm³/mol.